The lowest BCUT2D eigenvalue weighted by atomic mass is 9.88. The van der Waals surface area contributed by atoms with E-state index >= 15 is 0 Å². The van der Waals surface area contributed by atoms with Crippen LogP contribution in [0.25, 0.3) is 0 Å². The van der Waals surface area contributed by atoms with E-state index in [0.717, 1.165) is 16.8 Å². The average Bonchev–Trinajstić information content (AvgIpc) is 2.28. The molecular formula is C15H24N2O2. The first kappa shape index (κ1) is 15.5. The highest BCUT2D eigenvalue weighted by Gasteiger charge is 2.27. The zero-order valence-electron chi connectivity index (χ0n) is 12.5. The summed E-state index contributed by atoms with van der Waals surface area (Å²) in [5, 5.41) is 2.95. The Bertz CT molecular complexity index is 467. The first-order chi connectivity index (χ1) is 8.81. The van der Waals surface area contributed by atoms with Gasteiger partial charge in [-0.3, -0.25) is 4.79 Å². The monoisotopic (exact) mass is 264 g/mol. The van der Waals surface area contributed by atoms with Crippen LogP contribution in [0, 0.1) is 19.3 Å². The van der Waals surface area contributed by atoms with Gasteiger partial charge >= 0.3 is 0 Å². The number of carbonyl (C=O) groups is 1. The maximum Gasteiger partial charge on any atom is 0.230 e. The topological polar surface area (TPSA) is 64.3 Å². The summed E-state index contributed by atoms with van der Waals surface area (Å²) < 4.78 is 5.37. The van der Waals surface area contributed by atoms with Crippen LogP contribution in [0.4, 0.5) is 5.69 Å². The van der Waals surface area contributed by atoms with Crippen LogP contribution in [0.5, 0.6) is 5.75 Å². The lowest BCUT2D eigenvalue weighted by molar-refractivity contribution is -0.124. The van der Waals surface area contributed by atoms with Crippen LogP contribution in [0.15, 0.2) is 12.1 Å². The number of anilines is 1. The van der Waals surface area contributed by atoms with Crippen molar-refractivity contribution in [3.05, 3.63) is 23.3 Å². The van der Waals surface area contributed by atoms with Crippen LogP contribution in [0.3, 0.4) is 0 Å². The molecule has 0 aliphatic heterocycles. The van der Waals surface area contributed by atoms with E-state index in [0.29, 0.717) is 18.7 Å². The second-order valence-electron chi connectivity index (χ2n) is 5.54. The molecule has 0 heterocycles. The van der Waals surface area contributed by atoms with Crippen LogP contribution in [0.1, 0.15) is 31.4 Å². The summed E-state index contributed by atoms with van der Waals surface area (Å²) in [6.07, 6.45) is 0.645. The number of methoxy groups -OCH3 is 1. The van der Waals surface area contributed by atoms with E-state index in [1.54, 1.807) is 7.11 Å². The summed E-state index contributed by atoms with van der Waals surface area (Å²) in [7, 11) is 1.61. The summed E-state index contributed by atoms with van der Waals surface area (Å²) in [4.78, 5) is 12.3. The van der Waals surface area contributed by atoms with Gasteiger partial charge in [0.2, 0.25) is 5.91 Å². The Balaban J connectivity index is 3.02. The third kappa shape index (κ3) is 3.70. The summed E-state index contributed by atoms with van der Waals surface area (Å²) in [5.41, 5.74) is 7.87. The average molecular weight is 264 g/mol. The molecule has 4 heteroatoms. The van der Waals surface area contributed by atoms with Crippen LogP contribution in [-0.4, -0.2) is 19.6 Å². The number of nitrogens with one attached hydrogen (secondary N) is 1. The van der Waals surface area contributed by atoms with Gasteiger partial charge in [0.25, 0.3) is 0 Å². The molecule has 1 aromatic rings. The third-order valence-electron chi connectivity index (χ3n) is 3.26. The van der Waals surface area contributed by atoms with Crippen molar-refractivity contribution in [1.82, 2.24) is 0 Å². The smallest absolute Gasteiger partial charge is 0.230 e. The molecule has 0 aromatic heterocycles. The Hall–Kier alpha value is -1.55. The number of hydrogen-bond donors (Lipinski definition) is 2. The van der Waals surface area contributed by atoms with Gasteiger partial charge < -0.3 is 15.8 Å². The number of aryl methyl sites for hydroxylation is 2. The SMILES string of the molecule is COc1c(C)cc(C)cc1NC(=O)C(C)(C)CCN. The predicted molar refractivity (Wildman–Crippen MR) is 78.6 cm³/mol. The first-order valence-electron chi connectivity index (χ1n) is 6.48. The standard InChI is InChI=1S/C15H24N2O2/c1-10-8-11(2)13(19-5)12(9-10)17-14(18)15(3,4)6-7-16/h8-9H,6-7,16H2,1-5H3,(H,17,18). The Kier molecular flexibility index (Phi) is 4.95. The molecule has 0 aliphatic rings. The minimum absolute atomic E-state index is 0.0405. The molecule has 4 nitrogen and oxygen atoms in total. The van der Waals surface area contributed by atoms with Crippen molar-refractivity contribution in [2.24, 2.45) is 11.1 Å². The van der Waals surface area contributed by atoms with Crippen LogP contribution in [-0.2, 0) is 4.79 Å². The van der Waals surface area contributed by atoms with E-state index in [9.17, 15) is 4.79 Å². The van der Waals surface area contributed by atoms with E-state index in [2.05, 4.69) is 5.32 Å². The van der Waals surface area contributed by atoms with Crippen molar-refractivity contribution in [1.29, 1.82) is 0 Å². The van der Waals surface area contributed by atoms with Crippen molar-refractivity contribution < 1.29 is 9.53 Å². The summed E-state index contributed by atoms with van der Waals surface area (Å²) >= 11 is 0. The minimum Gasteiger partial charge on any atom is -0.494 e. The second kappa shape index (κ2) is 6.06. The lowest BCUT2D eigenvalue weighted by Crippen LogP contribution is -2.33. The highest BCUT2D eigenvalue weighted by molar-refractivity contribution is 5.96. The number of hydrogen-bond acceptors (Lipinski definition) is 3. The number of rotatable bonds is 5. The maximum atomic E-state index is 12.3. The molecule has 1 aromatic carbocycles. The molecule has 1 rings (SSSR count). The first-order valence-corrected chi connectivity index (χ1v) is 6.48. The van der Waals surface area contributed by atoms with E-state index < -0.39 is 5.41 Å². The van der Waals surface area contributed by atoms with Crippen molar-refractivity contribution in [2.75, 3.05) is 19.0 Å². The molecule has 0 bridgehead atoms. The number of amides is 1. The highest BCUT2D eigenvalue weighted by atomic mass is 16.5. The second-order valence-corrected chi connectivity index (χ2v) is 5.54. The van der Waals surface area contributed by atoms with Crippen LogP contribution in [0.2, 0.25) is 0 Å². The Morgan fingerprint density at radius 2 is 2.00 bits per heavy atom. The van der Waals surface area contributed by atoms with Crippen LogP contribution < -0.4 is 15.8 Å². The zero-order chi connectivity index (χ0) is 14.6. The quantitative estimate of drug-likeness (QED) is 0.859. The zero-order valence-corrected chi connectivity index (χ0v) is 12.5. The van der Waals surface area contributed by atoms with Crippen molar-refractivity contribution in [3.8, 4) is 5.75 Å². The van der Waals surface area contributed by atoms with E-state index in [1.807, 2.05) is 39.8 Å². The molecule has 0 atom stereocenters. The van der Waals surface area contributed by atoms with Crippen molar-refractivity contribution >= 4 is 11.6 Å². The molecule has 19 heavy (non-hydrogen) atoms. The lowest BCUT2D eigenvalue weighted by Gasteiger charge is -2.24. The maximum absolute atomic E-state index is 12.3. The molecule has 0 fully saturated rings. The normalized spacial score (nSPS) is 11.3. The molecule has 0 saturated carbocycles. The molecule has 0 spiro atoms. The molecule has 0 saturated heterocycles. The molecule has 0 unspecified atom stereocenters. The van der Waals surface area contributed by atoms with E-state index in [4.69, 9.17) is 10.5 Å². The number of ether oxygens (including phenoxy) is 1. The number of nitrogens with two attached hydrogens (primary N) is 1. The van der Waals surface area contributed by atoms with E-state index in [-0.39, 0.29) is 5.91 Å². The van der Waals surface area contributed by atoms with Gasteiger partial charge in [-0.1, -0.05) is 19.9 Å². The van der Waals surface area contributed by atoms with Gasteiger partial charge in [0.1, 0.15) is 5.75 Å². The van der Waals surface area contributed by atoms with Gasteiger partial charge in [0.15, 0.2) is 0 Å². The molecule has 1 amide bonds. The fraction of sp³-hybridized carbons (Fsp3) is 0.533. The molecule has 0 aliphatic carbocycles. The number of carbonyl (C=O) groups excluding carboxylic acids is 1. The fourth-order valence-corrected chi connectivity index (χ4v) is 2.08. The predicted octanol–water partition coefficient (Wildman–Crippen LogP) is 2.63. The third-order valence-corrected chi connectivity index (χ3v) is 3.26. The van der Waals surface area contributed by atoms with E-state index in [1.165, 1.54) is 0 Å². The largest absolute Gasteiger partial charge is 0.494 e. The summed E-state index contributed by atoms with van der Waals surface area (Å²) in [6.45, 7) is 8.23. The van der Waals surface area contributed by atoms with Crippen molar-refractivity contribution in [3.63, 3.8) is 0 Å². The molecular weight excluding hydrogens is 240 g/mol. The van der Waals surface area contributed by atoms with Crippen molar-refractivity contribution in [2.45, 2.75) is 34.1 Å². The Morgan fingerprint density at radius 3 is 2.53 bits per heavy atom. The van der Waals surface area contributed by atoms with Crippen LogP contribution >= 0.6 is 0 Å². The Morgan fingerprint density at radius 1 is 1.37 bits per heavy atom. The van der Waals surface area contributed by atoms with Gasteiger partial charge in [0, 0.05) is 5.41 Å². The fourth-order valence-electron chi connectivity index (χ4n) is 2.08. The molecule has 3 N–H and O–H groups in total. The summed E-state index contributed by atoms with van der Waals surface area (Å²) in [6, 6.07) is 3.95. The van der Waals surface area contributed by atoms with Gasteiger partial charge in [-0.05, 0) is 44.0 Å². The highest BCUT2D eigenvalue weighted by Crippen LogP contribution is 2.31. The van der Waals surface area contributed by atoms with Gasteiger partial charge in [-0.15, -0.1) is 0 Å². The minimum atomic E-state index is -0.489. The van der Waals surface area contributed by atoms with Gasteiger partial charge in [0.05, 0.1) is 12.8 Å². The molecule has 0 radical (unpaired) electrons. The molecule has 106 valence electrons. The number of benzene rings is 1. The Labute approximate surface area is 115 Å². The summed E-state index contributed by atoms with van der Waals surface area (Å²) in [5.74, 6) is 0.670. The van der Waals surface area contributed by atoms with Gasteiger partial charge in [-0.25, -0.2) is 0 Å². The van der Waals surface area contributed by atoms with Gasteiger partial charge in [-0.2, -0.15) is 0 Å².